The third-order valence-electron chi connectivity index (χ3n) is 14.9. The van der Waals surface area contributed by atoms with Gasteiger partial charge in [0.1, 0.15) is 17.1 Å². The summed E-state index contributed by atoms with van der Waals surface area (Å²) in [7, 11) is 0. The Kier molecular flexibility index (Phi) is 7.30. The molecule has 4 saturated carbocycles. The van der Waals surface area contributed by atoms with Gasteiger partial charge in [-0.05, 0) is 142 Å². The molecule has 10 atom stereocenters. The molecule has 0 unspecified atom stereocenters. The van der Waals surface area contributed by atoms with Crippen LogP contribution >= 0.6 is 0 Å². The molecule has 0 aromatic heterocycles. The standard InChI is InChI=1S/C20H28O2.C20H24O2/c2*1-3-20(22)11-9-18-17-6-4-13-12-14(21)5-7-15(13)16(17)8-10-19(18,20)2/h3,16-18,22H,1,4-12H2,2H3;1,5,7,12,16-18,21-22H,4,6,8-11H2,2H3/t2*16-,17-,18+,19+,20+/m11/s1. The molecule has 236 valence electrons. The molecular formula is C40H52O4. The number of benzene rings is 1. The number of phenols is 1. The number of aryl methyl sites for hydroxylation is 1. The molecule has 4 fully saturated rings. The van der Waals surface area contributed by atoms with Crippen LogP contribution in [0.25, 0.3) is 0 Å². The summed E-state index contributed by atoms with van der Waals surface area (Å²) in [5.41, 5.74) is 4.17. The SMILES string of the molecule is C#C[C@]1(O)CC[C@H]2[C@@H]3CCc4cc(O)ccc4[C@H]3CC[C@@]21C.C=C[C@]1(O)CC[C@H]2[C@@H]3CCC4=C(CCC(=O)C4)[C@H]3CC[C@@]21C. The quantitative estimate of drug-likeness (QED) is 0.228. The largest absolute Gasteiger partial charge is 0.508 e. The molecule has 0 radical (unpaired) electrons. The van der Waals surface area contributed by atoms with Crippen LogP contribution in [0.2, 0.25) is 0 Å². The van der Waals surface area contributed by atoms with Crippen LogP contribution < -0.4 is 0 Å². The second kappa shape index (κ2) is 10.6. The maximum absolute atomic E-state index is 11.8. The first-order valence-corrected chi connectivity index (χ1v) is 17.6. The van der Waals surface area contributed by atoms with Crippen molar-refractivity contribution in [3.05, 3.63) is 53.1 Å². The molecule has 0 saturated heterocycles. The van der Waals surface area contributed by atoms with Crippen molar-refractivity contribution >= 4 is 5.78 Å². The van der Waals surface area contributed by atoms with Gasteiger partial charge in [0.15, 0.2) is 0 Å². The third kappa shape index (κ3) is 4.28. The number of hydrogen-bond acceptors (Lipinski definition) is 4. The van der Waals surface area contributed by atoms with Crippen molar-refractivity contribution in [2.24, 2.45) is 40.4 Å². The lowest BCUT2D eigenvalue weighted by Gasteiger charge is -2.53. The van der Waals surface area contributed by atoms with Gasteiger partial charge in [-0.25, -0.2) is 0 Å². The van der Waals surface area contributed by atoms with E-state index in [4.69, 9.17) is 6.42 Å². The first-order chi connectivity index (χ1) is 21.0. The van der Waals surface area contributed by atoms with E-state index < -0.39 is 11.2 Å². The van der Waals surface area contributed by atoms with E-state index in [1.165, 1.54) is 29.5 Å². The molecule has 0 bridgehead atoms. The highest BCUT2D eigenvalue weighted by atomic mass is 16.3. The smallest absolute Gasteiger partial charge is 0.137 e. The number of aliphatic hydroxyl groups is 2. The van der Waals surface area contributed by atoms with Gasteiger partial charge in [0, 0.05) is 23.7 Å². The van der Waals surface area contributed by atoms with E-state index in [1.54, 1.807) is 5.57 Å². The van der Waals surface area contributed by atoms with Crippen LogP contribution in [0.4, 0.5) is 0 Å². The Morgan fingerprint density at radius 2 is 1.55 bits per heavy atom. The van der Waals surface area contributed by atoms with E-state index in [2.05, 4.69) is 32.4 Å². The van der Waals surface area contributed by atoms with Gasteiger partial charge in [-0.1, -0.05) is 43.1 Å². The van der Waals surface area contributed by atoms with Crippen LogP contribution in [-0.4, -0.2) is 32.3 Å². The maximum atomic E-state index is 11.8. The van der Waals surface area contributed by atoms with Crippen LogP contribution in [0.1, 0.15) is 121 Å². The number of Topliss-reactive ketones (excluding diaryl/α,β-unsaturated/α-hetero) is 1. The zero-order chi connectivity index (χ0) is 31.1. The molecular weight excluding hydrogens is 544 g/mol. The molecule has 4 heteroatoms. The number of aromatic hydroxyl groups is 1. The highest BCUT2D eigenvalue weighted by molar-refractivity contribution is 5.82. The van der Waals surface area contributed by atoms with Gasteiger partial charge >= 0.3 is 0 Å². The zero-order valence-electron chi connectivity index (χ0n) is 26.9. The lowest BCUT2D eigenvalue weighted by Crippen LogP contribution is -2.50. The fraction of sp³-hybridized carbons (Fsp3) is 0.675. The van der Waals surface area contributed by atoms with Crippen molar-refractivity contribution in [3.63, 3.8) is 0 Å². The van der Waals surface area contributed by atoms with Crippen LogP contribution in [0.5, 0.6) is 5.75 Å². The van der Waals surface area contributed by atoms with Crippen molar-refractivity contribution < 1.29 is 20.1 Å². The topological polar surface area (TPSA) is 77.8 Å². The minimum Gasteiger partial charge on any atom is -0.508 e. The first-order valence-electron chi connectivity index (χ1n) is 17.6. The molecule has 44 heavy (non-hydrogen) atoms. The van der Waals surface area contributed by atoms with E-state index in [-0.39, 0.29) is 10.8 Å². The number of carbonyl (C=O) groups is 1. The fourth-order valence-electron chi connectivity index (χ4n) is 12.3. The number of fused-ring (bicyclic) bond motifs is 9. The Hall–Kier alpha value is -2.35. The monoisotopic (exact) mass is 596 g/mol. The molecule has 0 amide bonds. The summed E-state index contributed by atoms with van der Waals surface area (Å²) in [5.74, 6) is 7.31. The molecule has 4 nitrogen and oxygen atoms in total. The maximum Gasteiger partial charge on any atom is 0.137 e. The summed E-state index contributed by atoms with van der Waals surface area (Å²) < 4.78 is 0. The van der Waals surface area contributed by atoms with E-state index >= 15 is 0 Å². The van der Waals surface area contributed by atoms with Crippen LogP contribution in [0.15, 0.2) is 42.0 Å². The average molecular weight is 597 g/mol. The van der Waals surface area contributed by atoms with E-state index in [1.807, 2.05) is 18.2 Å². The number of phenolic OH excluding ortho intramolecular Hbond substituents is 1. The summed E-state index contributed by atoms with van der Waals surface area (Å²) in [6.45, 7) is 8.45. The first kappa shape index (κ1) is 30.3. The highest BCUT2D eigenvalue weighted by Gasteiger charge is 2.62. The van der Waals surface area contributed by atoms with Gasteiger partial charge in [-0.2, -0.15) is 0 Å². The van der Waals surface area contributed by atoms with Gasteiger partial charge in [-0.15, -0.1) is 13.0 Å². The molecule has 1 aromatic rings. The second-order valence-electron chi connectivity index (χ2n) is 16.2. The molecule has 0 heterocycles. The number of ketones is 1. The van der Waals surface area contributed by atoms with Crippen molar-refractivity contribution in [2.45, 2.75) is 127 Å². The van der Waals surface area contributed by atoms with Gasteiger partial charge in [0.2, 0.25) is 0 Å². The number of terminal acetylenes is 1. The molecule has 7 aliphatic carbocycles. The molecule has 1 aromatic carbocycles. The zero-order valence-corrected chi connectivity index (χ0v) is 26.9. The second-order valence-corrected chi connectivity index (χ2v) is 16.2. The Bertz CT molecular complexity index is 1430. The summed E-state index contributed by atoms with van der Waals surface area (Å²) in [4.78, 5) is 11.8. The van der Waals surface area contributed by atoms with Gasteiger partial charge in [0.25, 0.3) is 0 Å². The molecule has 0 aliphatic heterocycles. The van der Waals surface area contributed by atoms with Crippen molar-refractivity contribution in [1.82, 2.24) is 0 Å². The normalized spacial score (nSPS) is 45.3. The predicted molar refractivity (Wildman–Crippen MR) is 174 cm³/mol. The van der Waals surface area contributed by atoms with Gasteiger partial charge in [0.05, 0.1) is 5.60 Å². The molecule has 7 aliphatic rings. The Morgan fingerprint density at radius 3 is 2.32 bits per heavy atom. The number of rotatable bonds is 1. The number of allylic oxidation sites excluding steroid dienone is 2. The Morgan fingerprint density at radius 1 is 0.864 bits per heavy atom. The highest BCUT2D eigenvalue weighted by Crippen LogP contribution is 2.65. The Labute approximate surface area is 264 Å². The van der Waals surface area contributed by atoms with Crippen molar-refractivity contribution in [2.75, 3.05) is 0 Å². The summed E-state index contributed by atoms with van der Waals surface area (Å²) in [6.07, 6.45) is 22.8. The van der Waals surface area contributed by atoms with Gasteiger partial charge < -0.3 is 15.3 Å². The lowest BCUT2D eigenvalue weighted by atomic mass is 9.52. The summed E-state index contributed by atoms with van der Waals surface area (Å²) >= 11 is 0. The average Bonchev–Trinajstić information content (AvgIpc) is 3.46. The van der Waals surface area contributed by atoms with Crippen LogP contribution in [0.3, 0.4) is 0 Å². The minimum atomic E-state index is -0.919. The Balaban J connectivity index is 0.000000142. The summed E-state index contributed by atoms with van der Waals surface area (Å²) in [6, 6.07) is 5.87. The number of hydrogen-bond donors (Lipinski definition) is 3. The van der Waals surface area contributed by atoms with Crippen molar-refractivity contribution in [3.8, 4) is 18.1 Å². The molecule has 8 rings (SSSR count). The number of carbonyl (C=O) groups excluding carboxylic acids is 1. The molecule has 3 N–H and O–H groups in total. The third-order valence-corrected chi connectivity index (χ3v) is 14.9. The van der Waals surface area contributed by atoms with Crippen LogP contribution in [0, 0.1) is 52.8 Å². The van der Waals surface area contributed by atoms with E-state index in [9.17, 15) is 20.1 Å². The summed E-state index contributed by atoms with van der Waals surface area (Å²) in [5, 5.41) is 31.7. The van der Waals surface area contributed by atoms with Gasteiger partial charge in [-0.3, -0.25) is 4.79 Å². The van der Waals surface area contributed by atoms with Crippen molar-refractivity contribution in [1.29, 1.82) is 0 Å². The minimum absolute atomic E-state index is 0.0124. The molecule has 0 spiro atoms. The predicted octanol–water partition coefficient (Wildman–Crippen LogP) is 7.80. The lowest BCUT2D eigenvalue weighted by molar-refractivity contribution is -0.119. The van der Waals surface area contributed by atoms with E-state index in [0.717, 1.165) is 89.4 Å². The van der Waals surface area contributed by atoms with E-state index in [0.29, 0.717) is 41.1 Å². The fourth-order valence-corrected chi connectivity index (χ4v) is 12.3. The van der Waals surface area contributed by atoms with Crippen LogP contribution in [-0.2, 0) is 11.2 Å².